The first-order valence-electron chi connectivity index (χ1n) is 0. The zero-order valence-electron chi connectivity index (χ0n) is 1.32. The molecule has 0 aliphatic heterocycles. The van der Waals surface area contributed by atoms with E-state index in [2.05, 4.69) is 0 Å². The van der Waals surface area contributed by atoms with Crippen LogP contribution in [0.3, 0.4) is 0 Å². The monoisotopic (exact) mass is 184 g/mol. The van der Waals surface area contributed by atoms with Crippen LogP contribution in [-0.4, -0.2) is 89.3 Å². The fraction of sp³-hybridized carbons (Fsp3) is 0. The van der Waals surface area contributed by atoms with Crippen LogP contribution in [0.5, 0.6) is 0 Å². The summed E-state index contributed by atoms with van der Waals surface area (Å²) in [5.41, 5.74) is 0. The van der Waals surface area contributed by atoms with Gasteiger partial charge < -0.3 is 5.48 Å². The van der Waals surface area contributed by atoms with Crippen LogP contribution in [0.1, 0.15) is 0 Å². The van der Waals surface area contributed by atoms with E-state index in [4.69, 9.17) is 0 Å². The Labute approximate surface area is 112 Å². The maximum atomic E-state index is 0. The van der Waals surface area contributed by atoms with Gasteiger partial charge in [0.2, 0.25) is 0 Å². The van der Waals surface area contributed by atoms with E-state index in [0.717, 1.165) is 0 Å². The average molecular weight is 186 g/mol. The molecule has 0 saturated carbocycles. The van der Waals surface area contributed by atoms with Gasteiger partial charge in [-0.25, -0.2) is 0 Å². The zero-order valence-corrected chi connectivity index (χ0v) is 2.95. The molecule has 0 aliphatic carbocycles. The minimum Gasteiger partial charge on any atom is 0.316 e. The SMILES string of the molecule is Cl.Cl.O.[CaH2].[MgH2].[MgH2]. The Balaban J connectivity index is 0. The average Bonchev–Trinajstić information content (AvgIpc) is 0. The molecule has 0 bridgehead atoms. The first-order valence-corrected chi connectivity index (χ1v) is 0. The number of rotatable bonds is 0. The van der Waals surface area contributed by atoms with E-state index in [9.17, 15) is 0 Å². The molecule has 0 unspecified atom stereocenters. The Hall–Kier alpha value is 3.33. The molecular formula is H10CaCl2Mg2O. The molecule has 0 spiro atoms. The van der Waals surface area contributed by atoms with E-state index in [1.807, 2.05) is 0 Å². The van der Waals surface area contributed by atoms with Crippen molar-refractivity contribution in [2.45, 2.75) is 0 Å². The Bertz CT molecular complexity index is 11.5. The summed E-state index contributed by atoms with van der Waals surface area (Å²) in [6.45, 7) is 0. The van der Waals surface area contributed by atoms with E-state index in [1.54, 1.807) is 0 Å². The maximum Gasteiger partial charge on any atom is 0.316 e. The first kappa shape index (κ1) is 58.3. The van der Waals surface area contributed by atoms with Gasteiger partial charge in [-0.1, -0.05) is 0 Å². The molecular weight excluding hydrogens is 176 g/mol. The summed E-state index contributed by atoms with van der Waals surface area (Å²) in [6.07, 6.45) is 0. The summed E-state index contributed by atoms with van der Waals surface area (Å²) < 4.78 is 0. The van der Waals surface area contributed by atoms with Gasteiger partial charge in [-0.05, 0) is 0 Å². The topological polar surface area (TPSA) is 31.5 Å². The van der Waals surface area contributed by atoms with Crippen LogP contribution in [0.2, 0.25) is 0 Å². The van der Waals surface area contributed by atoms with Crippen LogP contribution in [-0.2, 0) is 0 Å². The van der Waals surface area contributed by atoms with Gasteiger partial charge in [0, 0.05) is 0 Å². The van der Waals surface area contributed by atoms with Crippen LogP contribution < -0.4 is 0 Å². The number of hydrogen-bond acceptors (Lipinski definition) is 0. The molecule has 0 aromatic heterocycles. The molecule has 0 heterocycles. The molecule has 1 nitrogen and oxygen atoms in total. The predicted molar refractivity (Wildman–Crippen MR) is 43.7 cm³/mol. The molecule has 0 aromatic rings. The van der Waals surface area contributed by atoms with Crippen LogP contribution in [0.25, 0.3) is 0 Å². The number of hydrogen-bond donors (Lipinski definition) is 0. The molecule has 6 heteroatoms. The molecule has 2 N–H and O–H groups in total. The van der Waals surface area contributed by atoms with Crippen molar-refractivity contribution in [1.29, 1.82) is 0 Å². The second kappa shape index (κ2) is 40.3. The molecule has 0 aliphatic rings. The van der Waals surface area contributed by atoms with Gasteiger partial charge in [-0.2, -0.15) is 0 Å². The largest absolute Gasteiger partial charge is 0.316 e. The van der Waals surface area contributed by atoms with Crippen LogP contribution in [0.15, 0.2) is 0 Å². The van der Waals surface area contributed by atoms with Crippen molar-refractivity contribution in [2.24, 2.45) is 0 Å². The van der Waals surface area contributed by atoms with Gasteiger partial charge >= 0.3 is 83.8 Å². The van der Waals surface area contributed by atoms with E-state index >= 15 is 0 Å². The smallest absolute Gasteiger partial charge is 0.316 e. The Kier molecular flexibility index (Phi) is 392. The van der Waals surface area contributed by atoms with Crippen LogP contribution in [0, 0.1) is 0 Å². The fourth-order valence-corrected chi connectivity index (χ4v) is 0. The van der Waals surface area contributed by atoms with Gasteiger partial charge in [0.15, 0.2) is 0 Å². The van der Waals surface area contributed by atoms with Crippen LogP contribution >= 0.6 is 24.8 Å². The quantitative estimate of drug-likeness (QED) is 0.367. The summed E-state index contributed by atoms with van der Waals surface area (Å²) >= 11 is 0. The summed E-state index contributed by atoms with van der Waals surface area (Å²) in [5.74, 6) is 0. The second-order valence-electron chi connectivity index (χ2n) is 0. The summed E-state index contributed by atoms with van der Waals surface area (Å²) in [4.78, 5) is 0. The van der Waals surface area contributed by atoms with Crippen LogP contribution in [0.4, 0.5) is 0 Å². The Morgan fingerprint density at radius 2 is 0.667 bits per heavy atom. The second-order valence-corrected chi connectivity index (χ2v) is 0. The van der Waals surface area contributed by atoms with Crippen molar-refractivity contribution >= 4 is 109 Å². The molecule has 6 heavy (non-hydrogen) atoms. The summed E-state index contributed by atoms with van der Waals surface area (Å²) in [5, 5.41) is 0. The maximum absolute atomic E-state index is 0. The van der Waals surface area contributed by atoms with Gasteiger partial charge in [0.25, 0.3) is 0 Å². The third-order valence-electron chi connectivity index (χ3n) is 0. The standard InChI is InChI=1S/Ca.2ClH.2Mg.H2O.6H/h;2*1H;;;1H2;;;;;;. The predicted octanol–water partition coefficient (Wildman–Crippen LogP) is -2.73. The van der Waals surface area contributed by atoms with Crippen molar-refractivity contribution in [3.63, 3.8) is 0 Å². The van der Waals surface area contributed by atoms with E-state index < -0.39 is 0 Å². The van der Waals surface area contributed by atoms with Crippen molar-refractivity contribution in [2.75, 3.05) is 0 Å². The normalized spacial score (nSPS) is 0. The molecule has 0 atom stereocenters. The molecule has 0 saturated heterocycles. The van der Waals surface area contributed by atoms with E-state index in [1.165, 1.54) is 0 Å². The molecule has 0 amide bonds. The first-order chi connectivity index (χ1) is 0. The zero-order chi connectivity index (χ0) is 0. The Morgan fingerprint density at radius 3 is 0.667 bits per heavy atom. The third kappa shape index (κ3) is 26.5. The van der Waals surface area contributed by atoms with Crippen molar-refractivity contribution in [3.05, 3.63) is 0 Å². The molecule has 0 radical (unpaired) electrons. The van der Waals surface area contributed by atoms with Gasteiger partial charge in [-0.3, -0.25) is 0 Å². The van der Waals surface area contributed by atoms with Gasteiger partial charge in [0.1, 0.15) is 0 Å². The van der Waals surface area contributed by atoms with E-state index in [0.29, 0.717) is 0 Å². The number of halogens is 2. The molecule has 0 fully saturated rings. The van der Waals surface area contributed by atoms with E-state index in [-0.39, 0.29) is 114 Å². The minimum absolute atomic E-state index is 0. The van der Waals surface area contributed by atoms with Crippen molar-refractivity contribution < 1.29 is 5.48 Å². The summed E-state index contributed by atoms with van der Waals surface area (Å²) in [6, 6.07) is 0. The molecule has 0 aromatic carbocycles. The molecule has 36 valence electrons. The van der Waals surface area contributed by atoms with Gasteiger partial charge in [-0.15, -0.1) is 24.8 Å². The van der Waals surface area contributed by atoms with Crippen molar-refractivity contribution in [3.8, 4) is 0 Å². The third-order valence-corrected chi connectivity index (χ3v) is 0. The van der Waals surface area contributed by atoms with Gasteiger partial charge in [0.05, 0.1) is 0 Å². The molecule has 0 rings (SSSR count). The Morgan fingerprint density at radius 1 is 0.667 bits per heavy atom. The fourth-order valence-electron chi connectivity index (χ4n) is 0. The van der Waals surface area contributed by atoms with Crippen molar-refractivity contribution in [1.82, 2.24) is 0 Å². The summed E-state index contributed by atoms with van der Waals surface area (Å²) in [7, 11) is 0. The minimum atomic E-state index is 0.